The number of hydrogen-bond donors (Lipinski definition) is 1. The van der Waals surface area contributed by atoms with Crippen molar-refractivity contribution < 1.29 is 4.57 Å². The first-order chi connectivity index (χ1) is 11.4. The first kappa shape index (κ1) is 19.0. The van der Waals surface area contributed by atoms with E-state index in [4.69, 9.17) is 0 Å². The quantitative estimate of drug-likeness (QED) is 0.633. The molecule has 24 heavy (non-hydrogen) atoms. The predicted octanol–water partition coefficient (Wildman–Crippen LogP) is 5.91. The van der Waals surface area contributed by atoms with Gasteiger partial charge < -0.3 is 4.57 Å². The van der Waals surface area contributed by atoms with Gasteiger partial charge in [-0.1, -0.05) is 101 Å². The molecule has 0 bridgehead atoms. The maximum atomic E-state index is 14.1. The molecule has 2 aromatic rings. The van der Waals surface area contributed by atoms with Gasteiger partial charge in [-0.05, 0) is 12.0 Å². The minimum Gasteiger partial charge on any atom is -0.301 e. The van der Waals surface area contributed by atoms with Crippen LogP contribution in [-0.2, 0) is 4.57 Å². The topological polar surface area (TPSA) is 29.1 Å². The Morgan fingerprint density at radius 1 is 0.958 bits per heavy atom. The van der Waals surface area contributed by atoms with Gasteiger partial charge in [0.1, 0.15) is 0 Å². The van der Waals surface area contributed by atoms with Gasteiger partial charge in [-0.3, -0.25) is 5.09 Å². The molecule has 0 amide bonds. The molecule has 0 spiro atoms. The zero-order valence-electron chi connectivity index (χ0n) is 15.3. The second kappa shape index (κ2) is 8.14. The van der Waals surface area contributed by atoms with Gasteiger partial charge in [0.15, 0.2) is 7.29 Å². The van der Waals surface area contributed by atoms with E-state index in [1.54, 1.807) is 0 Å². The minimum absolute atomic E-state index is 0.108. The molecule has 0 aliphatic rings. The SMILES string of the molecule is CCCC[C@H](NP(=O)(c1ccccc1)C(C)(C)C)c1ccccc1. The average Bonchev–Trinajstić information content (AvgIpc) is 2.59. The van der Waals surface area contributed by atoms with Crippen molar-refractivity contribution in [1.82, 2.24) is 5.09 Å². The Kier molecular flexibility index (Phi) is 6.43. The van der Waals surface area contributed by atoms with E-state index in [0.29, 0.717) is 0 Å². The minimum atomic E-state index is -2.77. The van der Waals surface area contributed by atoms with Gasteiger partial charge in [0.05, 0.1) is 0 Å². The fourth-order valence-corrected chi connectivity index (χ4v) is 5.53. The summed E-state index contributed by atoms with van der Waals surface area (Å²) in [5.74, 6) is 0. The fourth-order valence-electron chi connectivity index (χ4n) is 2.91. The summed E-state index contributed by atoms with van der Waals surface area (Å²) in [5, 5.41) is 4.17. The Hall–Kier alpha value is -1.37. The summed E-state index contributed by atoms with van der Waals surface area (Å²) in [6.45, 7) is 8.39. The van der Waals surface area contributed by atoms with Gasteiger partial charge in [0, 0.05) is 16.5 Å². The van der Waals surface area contributed by atoms with Gasteiger partial charge in [-0.25, -0.2) is 0 Å². The van der Waals surface area contributed by atoms with Crippen LogP contribution in [0.15, 0.2) is 60.7 Å². The van der Waals surface area contributed by atoms with Crippen molar-refractivity contribution in [1.29, 1.82) is 0 Å². The van der Waals surface area contributed by atoms with Crippen LogP contribution >= 0.6 is 7.29 Å². The van der Waals surface area contributed by atoms with Crippen molar-refractivity contribution in [2.75, 3.05) is 0 Å². The first-order valence-electron chi connectivity index (χ1n) is 8.87. The molecule has 3 heteroatoms. The van der Waals surface area contributed by atoms with Crippen LogP contribution < -0.4 is 10.4 Å². The molecule has 0 saturated carbocycles. The van der Waals surface area contributed by atoms with E-state index in [1.807, 2.05) is 36.4 Å². The molecule has 1 N–H and O–H groups in total. The highest BCUT2D eigenvalue weighted by molar-refractivity contribution is 7.71. The van der Waals surface area contributed by atoms with Crippen molar-refractivity contribution >= 4 is 12.6 Å². The van der Waals surface area contributed by atoms with Crippen LogP contribution in [0, 0.1) is 0 Å². The molecule has 2 rings (SSSR count). The lowest BCUT2D eigenvalue weighted by Gasteiger charge is -2.36. The van der Waals surface area contributed by atoms with Gasteiger partial charge in [-0.15, -0.1) is 0 Å². The third-order valence-corrected chi connectivity index (χ3v) is 8.04. The van der Waals surface area contributed by atoms with Crippen molar-refractivity contribution in [3.05, 3.63) is 66.2 Å². The number of hydrogen-bond acceptors (Lipinski definition) is 1. The number of rotatable bonds is 7. The molecule has 0 radical (unpaired) electrons. The van der Waals surface area contributed by atoms with E-state index in [-0.39, 0.29) is 11.2 Å². The summed E-state index contributed by atoms with van der Waals surface area (Å²) in [4.78, 5) is 0. The lowest BCUT2D eigenvalue weighted by atomic mass is 10.0. The Bertz CT molecular complexity index is 661. The second-order valence-corrected chi connectivity index (χ2v) is 10.7. The molecule has 2 atom stereocenters. The van der Waals surface area contributed by atoms with Gasteiger partial charge in [0.25, 0.3) is 0 Å². The van der Waals surface area contributed by atoms with Crippen molar-refractivity contribution in [3.63, 3.8) is 0 Å². The van der Waals surface area contributed by atoms with Crippen LogP contribution in [0.3, 0.4) is 0 Å². The van der Waals surface area contributed by atoms with Crippen LogP contribution in [0.5, 0.6) is 0 Å². The summed E-state index contributed by atoms with van der Waals surface area (Å²) in [6, 6.07) is 20.4. The van der Waals surface area contributed by atoms with Crippen molar-refractivity contribution in [3.8, 4) is 0 Å². The smallest absolute Gasteiger partial charge is 0.181 e. The molecule has 2 aromatic carbocycles. The Labute approximate surface area is 147 Å². The Morgan fingerprint density at radius 2 is 1.50 bits per heavy atom. The van der Waals surface area contributed by atoms with Gasteiger partial charge >= 0.3 is 0 Å². The molecular weight excluding hydrogens is 313 g/mol. The predicted molar refractivity (Wildman–Crippen MR) is 105 cm³/mol. The molecule has 130 valence electrons. The molecule has 0 fully saturated rings. The van der Waals surface area contributed by atoms with E-state index in [0.717, 1.165) is 24.6 Å². The normalized spacial score (nSPS) is 15.7. The first-order valence-corrected chi connectivity index (χ1v) is 10.6. The van der Waals surface area contributed by atoms with E-state index in [1.165, 1.54) is 5.56 Å². The van der Waals surface area contributed by atoms with E-state index < -0.39 is 7.29 Å². The Balaban J connectivity index is 2.40. The van der Waals surface area contributed by atoms with E-state index >= 15 is 0 Å². The van der Waals surface area contributed by atoms with E-state index in [9.17, 15) is 4.57 Å². The van der Waals surface area contributed by atoms with Crippen LogP contribution in [0.25, 0.3) is 0 Å². The molecule has 0 aliphatic heterocycles. The Morgan fingerprint density at radius 3 is 2.00 bits per heavy atom. The number of unbranched alkanes of at least 4 members (excludes halogenated alkanes) is 1. The van der Waals surface area contributed by atoms with Crippen LogP contribution in [0.4, 0.5) is 0 Å². The van der Waals surface area contributed by atoms with Crippen LogP contribution in [0.1, 0.15) is 58.6 Å². The molecule has 0 saturated heterocycles. The summed E-state index contributed by atoms with van der Waals surface area (Å²) in [5.41, 5.74) is 1.21. The number of nitrogens with one attached hydrogen (secondary N) is 1. The summed E-state index contributed by atoms with van der Waals surface area (Å²) in [6.07, 6.45) is 3.25. The van der Waals surface area contributed by atoms with Crippen molar-refractivity contribution in [2.24, 2.45) is 0 Å². The highest BCUT2D eigenvalue weighted by atomic mass is 31.2. The van der Waals surface area contributed by atoms with Gasteiger partial charge in [-0.2, -0.15) is 0 Å². The highest BCUT2D eigenvalue weighted by Gasteiger charge is 2.39. The highest BCUT2D eigenvalue weighted by Crippen LogP contribution is 2.55. The molecular formula is C21H30NOP. The zero-order valence-corrected chi connectivity index (χ0v) is 16.2. The summed E-state index contributed by atoms with van der Waals surface area (Å²) >= 11 is 0. The maximum Gasteiger partial charge on any atom is 0.181 e. The van der Waals surface area contributed by atoms with Crippen LogP contribution in [0.2, 0.25) is 0 Å². The molecule has 0 aliphatic carbocycles. The molecule has 1 unspecified atom stereocenters. The summed E-state index contributed by atoms with van der Waals surface area (Å²) in [7, 11) is -2.77. The van der Waals surface area contributed by atoms with Crippen LogP contribution in [-0.4, -0.2) is 5.16 Å². The monoisotopic (exact) mass is 343 g/mol. The largest absolute Gasteiger partial charge is 0.301 e. The number of benzene rings is 2. The lowest BCUT2D eigenvalue weighted by molar-refractivity contribution is 0.507. The van der Waals surface area contributed by atoms with E-state index in [2.05, 4.69) is 57.0 Å². The summed E-state index contributed by atoms with van der Waals surface area (Å²) < 4.78 is 14.1. The standard InChI is InChI=1S/C21H30NOP/c1-5-6-17-20(18-13-9-7-10-14-18)22-24(23,21(2,3)4)19-15-11-8-12-16-19/h7-16,20H,5-6,17H2,1-4H3,(H,22,23)/t20-,24?/m0/s1. The molecule has 2 nitrogen and oxygen atoms in total. The second-order valence-electron chi connectivity index (χ2n) is 7.35. The maximum absolute atomic E-state index is 14.1. The molecule has 0 heterocycles. The van der Waals surface area contributed by atoms with Crippen molar-refractivity contribution in [2.45, 2.75) is 58.2 Å². The third kappa shape index (κ3) is 4.37. The third-order valence-electron chi connectivity index (χ3n) is 4.45. The fraction of sp³-hybridized carbons (Fsp3) is 0.429. The molecule has 0 aromatic heterocycles. The average molecular weight is 343 g/mol. The lowest BCUT2D eigenvalue weighted by Crippen LogP contribution is -2.34. The van der Waals surface area contributed by atoms with Gasteiger partial charge in [0.2, 0.25) is 0 Å². The zero-order chi connectivity index (χ0) is 17.6.